The van der Waals surface area contributed by atoms with Crippen molar-refractivity contribution in [3.8, 4) is 16.9 Å². The summed E-state index contributed by atoms with van der Waals surface area (Å²) in [6.45, 7) is -0.0429. The zero-order chi connectivity index (χ0) is 21.0. The summed E-state index contributed by atoms with van der Waals surface area (Å²) < 4.78 is 47.8. The van der Waals surface area contributed by atoms with Crippen LogP contribution in [0.3, 0.4) is 0 Å². The Morgan fingerprint density at radius 3 is 2.73 bits per heavy atom. The Kier molecular flexibility index (Phi) is 4.41. The van der Waals surface area contributed by atoms with Crippen LogP contribution in [0.15, 0.2) is 41.7 Å². The van der Waals surface area contributed by atoms with Crippen molar-refractivity contribution in [2.45, 2.75) is 36.3 Å². The average Bonchev–Trinajstić information content (AvgIpc) is 2.72. The van der Waals surface area contributed by atoms with Crippen LogP contribution in [0.5, 0.6) is 5.75 Å². The van der Waals surface area contributed by atoms with Crippen LogP contribution < -0.4 is 10.5 Å². The van der Waals surface area contributed by atoms with Crippen molar-refractivity contribution in [2.24, 2.45) is 10.7 Å². The minimum atomic E-state index is -3.29. The van der Waals surface area contributed by atoms with Crippen molar-refractivity contribution in [1.29, 1.82) is 0 Å². The van der Waals surface area contributed by atoms with Gasteiger partial charge < -0.3 is 19.9 Å². The van der Waals surface area contributed by atoms with Crippen molar-refractivity contribution in [1.82, 2.24) is 4.98 Å². The molecule has 0 amide bonds. The van der Waals surface area contributed by atoms with E-state index in [1.807, 2.05) is 0 Å². The first-order valence-corrected chi connectivity index (χ1v) is 10.1. The van der Waals surface area contributed by atoms with E-state index in [1.54, 1.807) is 30.5 Å². The molecular formula is C21H20ClF2N3O3. The molecule has 1 aromatic heterocycles. The Morgan fingerprint density at radius 2 is 1.97 bits per heavy atom. The van der Waals surface area contributed by atoms with Gasteiger partial charge in [0.25, 0.3) is 6.02 Å². The van der Waals surface area contributed by atoms with Gasteiger partial charge in [0, 0.05) is 36.5 Å². The molecule has 1 fully saturated rings. The van der Waals surface area contributed by atoms with E-state index in [0.29, 0.717) is 34.9 Å². The van der Waals surface area contributed by atoms with Crippen molar-refractivity contribution >= 4 is 17.6 Å². The van der Waals surface area contributed by atoms with Gasteiger partial charge >= 0.3 is 5.92 Å². The van der Waals surface area contributed by atoms with E-state index < -0.39 is 23.7 Å². The highest BCUT2D eigenvalue weighted by Gasteiger charge is 2.65. The standard InChI is InChI=1S/C21H20ClF2N3O3/c22-15-6-14(8-26-9-15)13-2-3-17-16(7-13)20(21(23,24)12-29-18(25)27-20)10-19(30-17)4-1-5-28-11-19/h2-3,6-9H,1,4-5,10-12H2,(H2,25,27)/t19-,20-/m1/s1. The van der Waals surface area contributed by atoms with E-state index in [2.05, 4.69) is 9.98 Å². The third-order valence-corrected chi connectivity index (χ3v) is 6.17. The van der Waals surface area contributed by atoms with E-state index in [4.69, 9.17) is 31.5 Å². The summed E-state index contributed by atoms with van der Waals surface area (Å²) in [6.07, 6.45) is 4.40. The van der Waals surface area contributed by atoms with Crippen LogP contribution in [0, 0.1) is 0 Å². The number of alkyl halides is 2. The van der Waals surface area contributed by atoms with E-state index in [-0.39, 0.29) is 24.6 Å². The Labute approximate surface area is 177 Å². The second kappa shape index (κ2) is 6.78. The van der Waals surface area contributed by atoms with Gasteiger partial charge in [-0.2, -0.15) is 8.78 Å². The Hall–Kier alpha value is -2.45. The molecule has 0 radical (unpaired) electrons. The smallest absolute Gasteiger partial charge is 0.310 e. The number of fused-ring (bicyclic) bond motifs is 2. The summed E-state index contributed by atoms with van der Waals surface area (Å²) in [5, 5.41) is 0.452. The maximum atomic E-state index is 15.5. The van der Waals surface area contributed by atoms with E-state index >= 15 is 8.78 Å². The molecule has 2 N–H and O–H groups in total. The number of benzene rings is 1. The number of nitrogens with two attached hydrogens (primary N) is 1. The van der Waals surface area contributed by atoms with Gasteiger partial charge in [-0.3, -0.25) is 4.98 Å². The van der Waals surface area contributed by atoms with Gasteiger partial charge in [0.2, 0.25) is 0 Å². The van der Waals surface area contributed by atoms with Gasteiger partial charge in [-0.15, -0.1) is 0 Å². The lowest BCUT2D eigenvalue weighted by Crippen LogP contribution is -2.61. The lowest BCUT2D eigenvalue weighted by molar-refractivity contribution is -0.170. The molecular weight excluding hydrogens is 416 g/mol. The van der Waals surface area contributed by atoms with Gasteiger partial charge in [0.15, 0.2) is 12.1 Å². The molecule has 0 unspecified atom stereocenters. The molecule has 1 saturated heterocycles. The number of halogens is 3. The number of ether oxygens (including phenoxy) is 3. The number of aromatic nitrogens is 1. The number of pyridine rings is 1. The highest BCUT2D eigenvalue weighted by atomic mass is 35.5. The first-order chi connectivity index (χ1) is 14.3. The van der Waals surface area contributed by atoms with Gasteiger partial charge in [0.1, 0.15) is 11.4 Å². The summed E-state index contributed by atoms with van der Waals surface area (Å²) in [6, 6.07) is 6.63. The normalized spacial score (nSPS) is 29.6. The van der Waals surface area contributed by atoms with E-state index in [9.17, 15) is 0 Å². The minimum Gasteiger partial charge on any atom is -0.484 e. The molecule has 0 saturated carbocycles. The second-order valence-electron chi connectivity index (χ2n) is 8.02. The molecule has 2 spiro atoms. The molecule has 5 rings (SSSR count). The molecule has 30 heavy (non-hydrogen) atoms. The zero-order valence-corrected chi connectivity index (χ0v) is 16.8. The third-order valence-electron chi connectivity index (χ3n) is 5.96. The van der Waals surface area contributed by atoms with Gasteiger partial charge in [-0.1, -0.05) is 17.7 Å². The Balaban J connectivity index is 1.71. The van der Waals surface area contributed by atoms with E-state index in [0.717, 1.165) is 6.42 Å². The maximum absolute atomic E-state index is 15.5. The van der Waals surface area contributed by atoms with Crippen molar-refractivity contribution in [2.75, 3.05) is 19.8 Å². The van der Waals surface area contributed by atoms with Crippen molar-refractivity contribution in [3.05, 3.63) is 47.2 Å². The number of nitrogens with zero attached hydrogens (tertiary/aromatic N) is 2. The van der Waals surface area contributed by atoms with Crippen molar-refractivity contribution in [3.63, 3.8) is 0 Å². The summed E-state index contributed by atoms with van der Waals surface area (Å²) >= 11 is 6.07. The molecule has 0 aliphatic carbocycles. The highest BCUT2D eigenvalue weighted by Crippen LogP contribution is 2.56. The van der Waals surface area contributed by atoms with Crippen LogP contribution >= 0.6 is 11.6 Å². The average molecular weight is 436 g/mol. The number of rotatable bonds is 1. The van der Waals surface area contributed by atoms with Crippen LogP contribution in [-0.4, -0.2) is 42.3 Å². The Morgan fingerprint density at radius 1 is 1.10 bits per heavy atom. The topological polar surface area (TPSA) is 79.0 Å². The number of hydrogen-bond acceptors (Lipinski definition) is 6. The number of amidine groups is 1. The second-order valence-corrected chi connectivity index (χ2v) is 8.46. The number of aliphatic imine (C=N–C) groups is 1. The summed E-state index contributed by atoms with van der Waals surface area (Å²) in [5.74, 6) is -2.94. The van der Waals surface area contributed by atoms with Crippen LogP contribution in [0.25, 0.3) is 11.1 Å². The van der Waals surface area contributed by atoms with Crippen LogP contribution in [0.2, 0.25) is 5.02 Å². The first-order valence-electron chi connectivity index (χ1n) is 9.71. The summed E-state index contributed by atoms with van der Waals surface area (Å²) in [5.41, 5.74) is 4.65. The molecule has 3 aliphatic rings. The molecule has 6 nitrogen and oxygen atoms in total. The number of hydrogen-bond donors (Lipinski definition) is 1. The lowest BCUT2D eigenvalue weighted by atomic mass is 9.70. The molecule has 1 aromatic carbocycles. The molecule has 2 aromatic rings. The van der Waals surface area contributed by atoms with Gasteiger partial charge in [0.05, 0.1) is 11.6 Å². The molecule has 0 bridgehead atoms. The SMILES string of the molecule is NC1=N[C@@]2(C[C@@]3(CCCOC3)Oc3ccc(-c4cncc(Cl)c4)cc32)C(F)(F)CO1. The fourth-order valence-electron chi connectivity index (χ4n) is 4.58. The monoisotopic (exact) mass is 435 g/mol. The quantitative estimate of drug-likeness (QED) is 0.734. The fourth-order valence-corrected chi connectivity index (χ4v) is 4.76. The van der Waals surface area contributed by atoms with Crippen LogP contribution in [0.4, 0.5) is 8.78 Å². The molecule has 158 valence electrons. The minimum absolute atomic E-state index is 0.0543. The zero-order valence-electron chi connectivity index (χ0n) is 16.0. The van der Waals surface area contributed by atoms with Crippen LogP contribution in [0.1, 0.15) is 24.8 Å². The van der Waals surface area contributed by atoms with Crippen molar-refractivity contribution < 1.29 is 23.0 Å². The summed E-state index contributed by atoms with van der Waals surface area (Å²) in [7, 11) is 0. The molecule has 4 heterocycles. The molecule has 9 heteroatoms. The largest absolute Gasteiger partial charge is 0.484 e. The maximum Gasteiger partial charge on any atom is 0.310 e. The highest BCUT2D eigenvalue weighted by molar-refractivity contribution is 6.30. The molecule has 2 atom stereocenters. The first kappa shape index (κ1) is 19.5. The van der Waals surface area contributed by atoms with Crippen LogP contribution in [-0.2, 0) is 15.0 Å². The lowest BCUT2D eigenvalue weighted by Gasteiger charge is -2.51. The third kappa shape index (κ3) is 3.01. The fraction of sp³-hybridized carbons (Fsp3) is 0.429. The van der Waals surface area contributed by atoms with Gasteiger partial charge in [-0.05, 0) is 36.6 Å². The van der Waals surface area contributed by atoms with E-state index in [1.165, 1.54) is 6.20 Å². The predicted octanol–water partition coefficient (Wildman–Crippen LogP) is 3.91. The Bertz CT molecular complexity index is 1030. The summed E-state index contributed by atoms with van der Waals surface area (Å²) in [4.78, 5) is 8.30. The van der Waals surface area contributed by atoms with Gasteiger partial charge in [-0.25, -0.2) is 4.99 Å². The predicted molar refractivity (Wildman–Crippen MR) is 107 cm³/mol. The molecule has 3 aliphatic heterocycles.